The third-order valence-electron chi connectivity index (χ3n) is 9.58. The summed E-state index contributed by atoms with van der Waals surface area (Å²) in [4.78, 5) is 10.6. The van der Waals surface area contributed by atoms with Gasteiger partial charge in [0.15, 0.2) is 0 Å². The molecule has 8 aromatic rings. The van der Waals surface area contributed by atoms with Crippen LogP contribution < -0.4 is 0 Å². The minimum atomic E-state index is 0.704. The minimum absolute atomic E-state index is 0.704. The number of rotatable bonds is 5. The number of para-hydroxylation sites is 2. The molecule has 0 spiro atoms. The van der Waals surface area contributed by atoms with Crippen LogP contribution >= 0.6 is 0 Å². The van der Waals surface area contributed by atoms with Crippen LogP contribution in [0.25, 0.3) is 83.4 Å². The molecule has 0 atom stereocenters. The molecule has 0 N–H and O–H groups in total. The molecule has 0 unspecified atom stereocenters. The van der Waals surface area contributed by atoms with Crippen LogP contribution in [0.3, 0.4) is 0 Å². The lowest BCUT2D eigenvalue weighted by molar-refractivity contribution is 0.929. The van der Waals surface area contributed by atoms with Crippen LogP contribution in [-0.4, -0.2) is 19.1 Å². The summed E-state index contributed by atoms with van der Waals surface area (Å²) in [6.07, 6.45) is 14.2. The molecule has 0 bridgehead atoms. The Kier molecular flexibility index (Phi) is 6.42. The van der Waals surface area contributed by atoms with Gasteiger partial charge in [-0.05, 0) is 85.0 Å². The van der Waals surface area contributed by atoms with E-state index in [2.05, 4.69) is 156 Å². The van der Waals surface area contributed by atoms with Gasteiger partial charge in [-0.1, -0.05) is 97.9 Å². The van der Waals surface area contributed by atoms with Gasteiger partial charge in [0.05, 0.1) is 33.5 Å². The van der Waals surface area contributed by atoms with E-state index in [1.165, 1.54) is 54.9 Å². The number of fused-ring (bicyclic) bond motifs is 9. The van der Waals surface area contributed by atoms with Gasteiger partial charge in [-0.25, -0.2) is 9.97 Å². The van der Waals surface area contributed by atoms with Gasteiger partial charge in [0.2, 0.25) is 5.95 Å². The maximum absolute atomic E-state index is 5.43. The van der Waals surface area contributed by atoms with Crippen molar-refractivity contribution in [3.05, 3.63) is 139 Å². The molecule has 47 heavy (non-hydrogen) atoms. The minimum Gasteiger partial charge on any atom is -0.310 e. The fourth-order valence-electron chi connectivity index (χ4n) is 7.62. The first-order chi connectivity index (χ1) is 23.2. The van der Waals surface area contributed by atoms with Crippen LogP contribution in [0, 0.1) is 0 Å². The first-order valence-electron chi connectivity index (χ1n) is 16.6. The van der Waals surface area contributed by atoms with Crippen molar-refractivity contribution in [3.8, 4) is 17.2 Å². The summed E-state index contributed by atoms with van der Waals surface area (Å²) in [5.41, 5.74) is 10.3. The van der Waals surface area contributed by atoms with Gasteiger partial charge >= 0.3 is 0 Å². The predicted molar refractivity (Wildman–Crippen MR) is 199 cm³/mol. The highest BCUT2D eigenvalue weighted by Gasteiger charge is 2.23. The van der Waals surface area contributed by atoms with Gasteiger partial charge in [-0.15, -0.1) is 0 Å². The van der Waals surface area contributed by atoms with E-state index < -0.39 is 0 Å². The Labute approximate surface area is 273 Å². The van der Waals surface area contributed by atoms with E-state index in [4.69, 9.17) is 9.97 Å². The highest BCUT2D eigenvalue weighted by atomic mass is 15.2. The lowest BCUT2D eigenvalue weighted by Gasteiger charge is -2.14. The van der Waals surface area contributed by atoms with E-state index in [9.17, 15) is 0 Å². The zero-order valence-corrected chi connectivity index (χ0v) is 26.6. The van der Waals surface area contributed by atoms with Crippen molar-refractivity contribution in [2.24, 2.45) is 0 Å². The van der Waals surface area contributed by atoms with Crippen molar-refractivity contribution in [1.29, 1.82) is 0 Å². The molecule has 0 saturated heterocycles. The zero-order valence-electron chi connectivity index (χ0n) is 26.6. The quantitative estimate of drug-likeness (QED) is 0.183. The van der Waals surface area contributed by atoms with Crippen molar-refractivity contribution in [3.63, 3.8) is 0 Å². The molecule has 5 aromatic carbocycles. The van der Waals surface area contributed by atoms with Crippen LogP contribution in [0.1, 0.15) is 37.9 Å². The molecule has 0 amide bonds. The molecule has 4 heteroatoms. The Bertz CT molecular complexity index is 2630. The molecule has 226 valence electrons. The third-order valence-corrected chi connectivity index (χ3v) is 9.58. The zero-order chi connectivity index (χ0) is 31.5. The van der Waals surface area contributed by atoms with Crippen molar-refractivity contribution in [2.45, 2.75) is 33.1 Å². The van der Waals surface area contributed by atoms with Gasteiger partial charge in [0.1, 0.15) is 0 Å². The fourth-order valence-corrected chi connectivity index (χ4v) is 7.62. The second-order valence-electron chi connectivity index (χ2n) is 12.3. The molecule has 4 nitrogen and oxygen atoms in total. The Morgan fingerprint density at radius 3 is 2.40 bits per heavy atom. The Hall–Kier alpha value is -5.74. The van der Waals surface area contributed by atoms with E-state index >= 15 is 0 Å². The number of aromatic nitrogens is 4. The van der Waals surface area contributed by atoms with Gasteiger partial charge in [0, 0.05) is 32.8 Å². The molecule has 0 saturated carbocycles. The predicted octanol–water partition coefficient (Wildman–Crippen LogP) is 11.3. The molecule has 3 heterocycles. The molecule has 0 fully saturated rings. The monoisotopic (exact) mass is 606 g/mol. The summed E-state index contributed by atoms with van der Waals surface area (Å²) in [5.74, 6) is 0.704. The maximum atomic E-state index is 5.43. The molecule has 1 aliphatic carbocycles. The number of nitrogens with zero attached hydrogens (tertiary/aromatic N) is 4. The summed E-state index contributed by atoms with van der Waals surface area (Å²) < 4.78 is 4.67. The lowest BCUT2D eigenvalue weighted by Crippen LogP contribution is -2.06. The largest absolute Gasteiger partial charge is 0.310 e. The lowest BCUT2D eigenvalue weighted by atomic mass is 9.97. The summed E-state index contributed by atoms with van der Waals surface area (Å²) in [7, 11) is 0. The van der Waals surface area contributed by atoms with Crippen molar-refractivity contribution in [1.82, 2.24) is 19.1 Å². The van der Waals surface area contributed by atoms with E-state index in [0.717, 1.165) is 46.9 Å². The highest BCUT2D eigenvalue weighted by Crippen LogP contribution is 2.40. The van der Waals surface area contributed by atoms with E-state index in [-0.39, 0.29) is 0 Å². The van der Waals surface area contributed by atoms with Gasteiger partial charge in [-0.3, -0.25) is 4.57 Å². The smallest absolute Gasteiger partial charge is 0.235 e. The molecule has 0 radical (unpaired) electrons. The second-order valence-corrected chi connectivity index (χ2v) is 12.3. The van der Waals surface area contributed by atoms with E-state index in [0.29, 0.717) is 5.95 Å². The number of benzene rings is 5. The van der Waals surface area contributed by atoms with Crippen LogP contribution in [0.4, 0.5) is 0 Å². The maximum Gasteiger partial charge on any atom is 0.235 e. The van der Waals surface area contributed by atoms with Crippen LogP contribution in [0.5, 0.6) is 0 Å². The molecule has 0 aliphatic heterocycles. The number of hydrogen-bond donors (Lipinski definition) is 0. The molecule has 1 aliphatic rings. The van der Waals surface area contributed by atoms with Gasteiger partial charge in [-0.2, -0.15) is 0 Å². The molecular formula is C43H34N4. The first-order valence-corrected chi connectivity index (χ1v) is 16.6. The van der Waals surface area contributed by atoms with E-state index in [1.807, 2.05) is 0 Å². The fraction of sp³-hybridized carbons (Fsp3) is 0.116. The Balaban J connectivity index is 1.33. The number of hydrogen-bond acceptors (Lipinski definition) is 2. The Morgan fingerprint density at radius 1 is 0.766 bits per heavy atom. The molecular weight excluding hydrogens is 573 g/mol. The van der Waals surface area contributed by atoms with Crippen LogP contribution in [0.2, 0.25) is 0 Å². The average molecular weight is 607 g/mol. The summed E-state index contributed by atoms with van der Waals surface area (Å²) >= 11 is 0. The average Bonchev–Trinajstić information content (AvgIpc) is 3.64. The normalized spacial score (nSPS) is 13.6. The standard InChI is InChI=1S/C43H34N4/c1-3-13-30(14-4-2)46-37-21-11-8-17-32(37)35-27-29(24-25-39(35)46)42-33-18-7-10-20-36(33)44-43(45-42)47-38-22-12-9-19-34(38)41-31-16-6-5-15-28(31)23-26-40(41)47/h3,5-8,10-18,20-27H,4,9,19H2,1-2H3/b13-3-,30-14+. The van der Waals surface area contributed by atoms with Gasteiger partial charge in [0.25, 0.3) is 0 Å². The Morgan fingerprint density at radius 2 is 1.53 bits per heavy atom. The van der Waals surface area contributed by atoms with E-state index in [1.54, 1.807) is 0 Å². The molecule has 3 aromatic heterocycles. The van der Waals surface area contributed by atoms with Crippen molar-refractivity contribution < 1.29 is 0 Å². The second kappa shape index (κ2) is 11.0. The van der Waals surface area contributed by atoms with Crippen molar-refractivity contribution >= 4 is 66.2 Å². The topological polar surface area (TPSA) is 35.6 Å². The van der Waals surface area contributed by atoms with Crippen LogP contribution in [0.15, 0.2) is 127 Å². The van der Waals surface area contributed by atoms with Crippen LogP contribution in [-0.2, 0) is 6.42 Å². The third kappa shape index (κ3) is 4.21. The summed E-state index contributed by atoms with van der Waals surface area (Å²) in [6.45, 7) is 4.27. The molecule has 9 rings (SSSR count). The van der Waals surface area contributed by atoms with Crippen molar-refractivity contribution in [2.75, 3.05) is 0 Å². The first kappa shape index (κ1) is 27.6. The summed E-state index contributed by atoms with van der Waals surface area (Å²) in [5, 5.41) is 7.35. The SMILES string of the molecule is C/C=C\C(=C/CC)n1c2ccccc2c2cc(-c3nc(-n4c5c(c6c7ccccc7ccc64)CCC=C5)nc4ccccc34)ccc21. The van der Waals surface area contributed by atoms with Gasteiger partial charge < -0.3 is 4.57 Å². The summed E-state index contributed by atoms with van der Waals surface area (Å²) in [6, 6.07) is 37.1. The highest BCUT2D eigenvalue weighted by molar-refractivity contribution is 6.13. The number of aryl methyl sites for hydroxylation is 1. The number of allylic oxidation sites excluding steroid dienone is 5.